The molecule has 9 rings (SSSR count). The average Bonchev–Trinajstić information content (AvgIpc) is 3.81. The normalized spacial score (nSPS) is 19.6. The molecule has 16 heteroatoms. The Balaban J connectivity index is 1.19. The highest BCUT2D eigenvalue weighted by Crippen LogP contribution is 2.45. The summed E-state index contributed by atoms with van der Waals surface area (Å²) in [7, 11) is -1.49. The first-order valence-electron chi connectivity index (χ1n) is 23.5. The summed E-state index contributed by atoms with van der Waals surface area (Å²) >= 11 is 0. The summed E-state index contributed by atoms with van der Waals surface area (Å²) in [5.74, 6) is -1.18. The molecule has 0 spiro atoms. The number of nitrogens with two attached hydrogens (primary N) is 1. The highest BCUT2D eigenvalue weighted by atomic mass is 28.4. The van der Waals surface area contributed by atoms with E-state index in [4.69, 9.17) is 44.1 Å². The van der Waals surface area contributed by atoms with Crippen molar-refractivity contribution in [3.8, 4) is 28.9 Å². The van der Waals surface area contributed by atoms with Gasteiger partial charge in [0.15, 0.2) is 12.6 Å². The first kappa shape index (κ1) is 47.3. The number of alkyl halides is 1. The van der Waals surface area contributed by atoms with Crippen molar-refractivity contribution in [1.29, 1.82) is 0 Å². The van der Waals surface area contributed by atoms with Crippen molar-refractivity contribution in [3.05, 3.63) is 102 Å². The molecule has 68 heavy (non-hydrogen) atoms. The molecule has 2 saturated heterocycles. The van der Waals surface area contributed by atoms with Crippen LogP contribution < -0.4 is 35.2 Å². The van der Waals surface area contributed by atoms with Crippen molar-refractivity contribution in [2.24, 2.45) is 5.73 Å². The molecule has 358 valence electrons. The lowest BCUT2D eigenvalue weighted by molar-refractivity contribution is -0.117. The van der Waals surface area contributed by atoms with Crippen LogP contribution in [0.4, 0.5) is 19.0 Å². The number of nitrogens with zero attached hydrogens (tertiary/aromatic N) is 5. The number of rotatable bonds is 17. The number of hydrogen-bond acceptors (Lipinski definition) is 11. The maximum atomic E-state index is 18.0. The summed E-state index contributed by atoms with van der Waals surface area (Å²) in [5.41, 5.74) is 5.61. The van der Waals surface area contributed by atoms with E-state index in [2.05, 4.69) is 49.9 Å². The molecule has 5 heterocycles. The van der Waals surface area contributed by atoms with Crippen LogP contribution in [0.1, 0.15) is 65.4 Å². The first-order valence-corrected chi connectivity index (χ1v) is 25.4. The zero-order valence-corrected chi connectivity index (χ0v) is 40.3. The molecule has 1 amide bonds. The number of benzene rings is 4. The van der Waals surface area contributed by atoms with Gasteiger partial charge in [-0.3, -0.25) is 9.69 Å². The number of carbonyl (C=O) groups excluding carboxylic acids is 1. The second-order valence-electron chi connectivity index (χ2n) is 19.2. The van der Waals surface area contributed by atoms with Gasteiger partial charge in [-0.05, 0) is 82.2 Å². The molecule has 0 radical (unpaired) electrons. The third-order valence-corrected chi connectivity index (χ3v) is 19.0. The maximum Gasteiger partial charge on any atom is 0.319 e. The van der Waals surface area contributed by atoms with Crippen LogP contribution >= 0.6 is 0 Å². The zero-order chi connectivity index (χ0) is 47.8. The fraction of sp³-hybridized carbons (Fsp3) is 0.423. The lowest BCUT2D eigenvalue weighted by Crippen LogP contribution is -2.66. The van der Waals surface area contributed by atoms with E-state index in [0.29, 0.717) is 47.9 Å². The summed E-state index contributed by atoms with van der Waals surface area (Å²) in [6, 6.07) is 26.4. The number of methoxy groups -OCH3 is 1. The lowest BCUT2D eigenvalue weighted by Gasteiger charge is -2.43. The molecule has 4 aromatic carbocycles. The zero-order valence-electron chi connectivity index (χ0n) is 39.3. The van der Waals surface area contributed by atoms with Gasteiger partial charge in [0, 0.05) is 45.2 Å². The van der Waals surface area contributed by atoms with Crippen molar-refractivity contribution in [2.75, 3.05) is 58.3 Å². The highest BCUT2D eigenvalue weighted by Gasteiger charge is 2.51. The number of halogens is 3. The Morgan fingerprint density at radius 3 is 2.38 bits per heavy atom. The largest absolute Gasteiger partial charge is 0.475 e. The minimum absolute atomic E-state index is 0.0329. The van der Waals surface area contributed by atoms with Crippen molar-refractivity contribution in [2.45, 2.75) is 89.0 Å². The third-order valence-electron chi connectivity index (χ3n) is 13.9. The number of pyridine rings is 1. The molecule has 3 aliphatic rings. The summed E-state index contributed by atoms with van der Waals surface area (Å²) in [6.07, 6.45) is 1.58. The number of hydrogen-bond donors (Lipinski definition) is 1. The van der Waals surface area contributed by atoms with Crippen molar-refractivity contribution in [3.63, 3.8) is 0 Å². The van der Waals surface area contributed by atoms with Gasteiger partial charge in [0.25, 0.3) is 8.32 Å². The molecule has 2 aromatic heterocycles. The van der Waals surface area contributed by atoms with Gasteiger partial charge in [-0.25, -0.2) is 18.2 Å². The molecule has 3 aliphatic heterocycles. The SMILES string of the molecule is CCc1c(F)ccc2cc(OCOC)cc(-c3nc4c5c(nc(OC[C@@]67CCCN6C[C@H](F)C7)nc5c3F)N(CCC(N)=O)[C@@H](CCO[Si](c3ccccc3)(c3ccccc3)C(C)(C)C)CO4)c12. The van der Waals surface area contributed by atoms with Gasteiger partial charge in [0.2, 0.25) is 11.8 Å². The standard InChI is InChI=1S/C52H59F3N6O6Si/c1-6-39-41(54)19-18-33-26-36(66-32-63-5)27-40(43(33)39)46-45(55)47-44-48(59-50(58-47)65-31-52-22-13-23-60(52)29-34(53)28-52)61(24-20-42(56)62)35(30-64-49(44)57-46)21-25-67-68(51(2,3)4,37-14-9-7-10-15-37)38-16-11-8-12-17-38/h7-12,14-19,26-27,34-35H,6,13,20-25,28-32H2,1-5H3,(H2,56,62)/t34-,35+,52+/m1/s1. The van der Waals surface area contributed by atoms with Crippen LogP contribution in [0.3, 0.4) is 0 Å². The van der Waals surface area contributed by atoms with Crippen LogP contribution in [0.25, 0.3) is 32.9 Å². The molecule has 0 aliphatic carbocycles. The number of carbonyl (C=O) groups is 1. The molecule has 2 N–H and O–H groups in total. The smallest absolute Gasteiger partial charge is 0.319 e. The van der Waals surface area contributed by atoms with Gasteiger partial charge in [-0.2, -0.15) is 9.97 Å². The van der Waals surface area contributed by atoms with E-state index >= 15 is 8.78 Å². The molecule has 0 bridgehead atoms. The van der Waals surface area contributed by atoms with E-state index in [1.807, 2.05) is 48.2 Å². The fourth-order valence-electron chi connectivity index (χ4n) is 10.8. The summed E-state index contributed by atoms with van der Waals surface area (Å²) in [4.78, 5) is 31.3. The average molecular weight is 949 g/mol. The Morgan fingerprint density at radius 2 is 1.71 bits per heavy atom. The second kappa shape index (κ2) is 19.3. The van der Waals surface area contributed by atoms with Crippen LogP contribution in [0, 0.1) is 11.6 Å². The van der Waals surface area contributed by atoms with Crippen LogP contribution in [0.5, 0.6) is 17.6 Å². The Morgan fingerprint density at radius 1 is 0.971 bits per heavy atom. The van der Waals surface area contributed by atoms with E-state index in [0.717, 1.165) is 29.8 Å². The van der Waals surface area contributed by atoms with E-state index in [-0.39, 0.29) is 84.5 Å². The van der Waals surface area contributed by atoms with Crippen molar-refractivity contribution < 1.29 is 41.3 Å². The molecular formula is C52H59F3N6O6Si. The number of aromatic nitrogens is 3. The van der Waals surface area contributed by atoms with Gasteiger partial charge in [-0.1, -0.05) is 94.4 Å². The number of aryl methyl sites for hydroxylation is 1. The molecule has 0 saturated carbocycles. The van der Waals surface area contributed by atoms with Gasteiger partial charge in [0.1, 0.15) is 53.4 Å². The quantitative estimate of drug-likeness (QED) is 0.0704. The highest BCUT2D eigenvalue weighted by molar-refractivity contribution is 6.99. The monoisotopic (exact) mass is 948 g/mol. The van der Waals surface area contributed by atoms with Crippen molar-refractivity contribution in [1.82, 2.24) is 19.9 Å². The van der Waals surface area contributed by atoms with Gasteiger partial charge in [-0.15, -0.1) is 0 Å². The lowest BCUT2D eigenvalue weighted by atomic mass is 9.94. The number of fused-ring (bicyclic) bond motifs is 2. The number of anilines is 1. The third kappa shape index (κ3) is 8.75. The van der Waals surface area contributed by atoms with E-state index in [1.165, 1.54) is 13.2 Å². The first-order chi connectivity index (χ1) is 32.8. The number of ether oxygens (including phenoxy) is 4. The molecule has 0 unspecified atom stereocenters. The predicted molar refractivity (Wildman–Crippen MR) is 259 cm³/mol. The van der Waals surface area contributed by atoms with Crippen LogP contribution in [0.15, 0.2) is 84.9 Å². The minimum atomic E-state index is -2.98. The molecule has 2 fully saturated rings. The molecule has 3 atom stereocenters. The summed E-state index contributed by atoms with van der Waals surface area (Å²) < 4.78 is 80.2. The van der Waals surface area contributed by atoms with Gasteiger partial charge in [0.05, 0.1) is 11.6 Å². The molecular weight excluding hydrogens is 890 g/mol. The van der Waals surface area contributed by atoms with Gasteiger partial charge >= 0.3 is 6.01 Å². The summed E-state index contributed by atoms with van der Waals surface area (Å²) in [6.45, 7) is 9.95. The van der Waals surface area contributed by atoms with E-state index < -0.39 is 43.6 Å². The predicted octanol–water partition coefficient (Wildman–Crippen LogP) is 8.03. The Bertz CT molecular complexity index is 2760. The van der Waals surface area contributed by atoms with Crippen molar-refractivity contribution >= 4 is 52.1 Å². The fourth-order valence-corrected chi connectivity index (χ4v) is 15.4. The Labute approximate surface area is 396 Å². The molecule has 12 nitrogen and oxygen atoms in total. The van der Waals surface area contributed by atoms with E-state index in [9.17, 15) is 9.18 Å². The van der Waals surface area contributed by atoms with E-state index in [1.54, 1.807) is 18.2 Å². The number of amides is 1. The van der Waals surface area contributed by atoms with Gasteiger partial charge < -0.3 is 34.0 Å². The van der Waals surface area contributed by atoms with Crippen LogP contribution in [0.2, 0.25) is 5.04 Å². The topological polar surface area (TPSA) is 134 Å². The summed E-state index contributed by atoms with van der Waals surface area (Å²) in [5, 5.41) is 3.18. The number of primary amides is 1. The van der Waals surface area contributed by atoms with Crippen LogP contribution in [-0.4, -0.2) is 105 Å². The molecule has 6 aromatic rings. The Hall–Kier alpha value is -5.81. The van der Waals surface area contributed by atoms with Crippen LogP contribution in [-0.2, 0) is 20.4 Å². The Kier molecular flexibility index (Phi) is 13.4. The maximum absolute atomic E-state index is 18.0. The second-order valence-corrected chi connectivity index (χ2v) is 23.5. The minimum Gasteiger partial charge on any atom is -0.475 e.